The summed E-state index contributed by atoms with van der Waals surface area (Å²) in [5, 5.41) is 2.39. The van der Waals surface area contributed by atoms with E-state index in [1.165, 1.54) is 11.8 Å². The van der Waals surface area contributed by atoms with Gasteiger partial charge in [0.1, 0.15) is 0 Å². The lowest BCUT2D eigenvalue weighted by atomic mass is 10.2. The quantitative estimate of drug-likeness (QED) is 0.735. The second-order valence-electron chi connectivity index (χ2n) is 6.15. The Hall–Kier alpha value is -1.80. The van der Waals surface area contributed by atoms with Crippen molar-refractivity contribution < 1.29 is 22.8 Å². The first kappa shape index (κ1) is 22.2. The molecule has 2 amide bonds. The Balaban J connectivity index is 2.64. The zero-order valence-corrected chi connectivity index (χ0v) is 15.7. The van der Waals surface area contributed by atoms with Crippen LogP contribution in [-0.4, -0.2) is 55.3 Å². The van der Waals surface area contributed by atoms with Gasteiger partial charge in [0.25, 0.3) is 0 Å². The van der Waals surface area contributed by atoms with E-state index in [9.17, 15) is 22.8 Å². The van der Waals surface area contributed by atoms with E-state index >= 15 is 0 Å². The van der Waals surface area contributed by atoms with Gasteiger partial charge in [0.2, 0.25) is 11.8 Å². The van der Waals surface area contributed by atoms with Gasteiger partial charge in [0.15, 0.2) is 0 Å². The van der Waals surface area contributed by atoms with Crippen LogP contribution in [0.3, 0.4) is 0 Å². The molecule has 0 bridgehead atoms. The molecule has 0 unspecified atom stereocenters. The van der Waals surface area contributed by atoms with E-state index in [-0.39, 0.29) is 29.6 Å². The van der Waals surface area contributed by atoms with Crippen LogP contribution in [0, 0.1) is 0 Å². The number of carbonyl (C=O) groups is 2. The summed E-state index contributed by atoms with van der Waals surface area (Å²) >= 11 is 5.85. The maximum absolute atomic E-state index is 12.8. The second kappa shape index (κ2) is 9.78. The number of anilines is 1. The fourth-order valence-corrected chi connectivity index (χ4v) is 2.42. The van der Waals surface area contributed by atoms with Gasteiger partial charge in [-0.15, -0.1) is 0 Å². The molecule has 1 aromatic rings. The summed E-state index contributed by atoms with van der Waals surface area (Å²) in [6.45, 7) is 2.91. The Bertz CT molecular complexity index is 636. The van der Waals surface area contributed by atoms with E-state index in [4.69, 9.17) is 11.6 Å². The molecule has 1 rings (SSSR count). The summed E-state index contributed by atoms with van der Waals surface area (Å²) in [5.41, 5.74) is -1.00. The molecule has 0 saturated carbocycles. The summed E-state index contributed by atoms with van der Waals surface area (Å²) in [7, 11) is 3.84. The maximum atomic E-state index is 12.8. The lowest BCUT2D eigenvalue weighted by Gasteiger charge is -2.22. The van der Waals surface area contributed by atoms with Crippen LogP contribution in [0.1, 0.15) is 25.3 Å². The first-order chi connectivity index (χ1) is 12.0. The Kier molecular flexibility index (Phi) is 8.36. The topological polar surface area (TPSA) is 52.7 Å². The molecule has 0 heterocycles. The number of benzene rings is 1. The maximum Gasteiger partial charge on any atom is 0.416 e. The molecule has 5 nitrogen and oxygen atoms in total. The molecule has 9 heteroatoms. The van der Waals surface area contributed by atoms with Crippen LogP contribution in [0.25, 0.3) is 0 Å². The zero-order valence-electron chi connectivity index (χ0n) is 15.0. The fourth-order valence-electron chi connectivity index (χ4n) is 2.25. The van der Waals surface area contributed by atoms with Crippen molar-refractivity contribution in [2.45, 2.75) is 25.9 Å². The first-order valence-electron chi connectivity index (χ1n) is 8.07. The van der Waals surface area contributed by atoms with Crippen molar-refractivity contribution in [3.63, 3.8) is 0 Å². The van der Waals surface area contributed by atoms with Crippen LogP contribution in [0.5, 0.6) is 0 Å². The molecule has 0 atom stereocenters. The Morgan fingerprint density at radius 1 is 1.15 bits per heavy atom. The highest BCUT2D eigenvalue weighted by atomic mass is 35.5. The minimum absolute atomic E-state index is 0.0146. The number of nitrogens with zero attached hydrogens (tertiary/aromatic N) is 2. The van der Waals surface area contributed by atoms with Gasteiger partial charge >= 0.3 is 6.18 Å². The van der Waals surface area contributed by atoms with Crippen molar-refractivity contribution in [3.8, 4) is 0 Å². The minimum Gasteiger partial charge on any atom is -0.342 e. The third-order valence-corrected chi connectivity index (χ3v) is 3.98. The van der Waals surface area contributed by atoms with E-state index in [2.05, 4.69) is 5.32 Å². The standard InChI is InChI=1S/C17H23ClF3N3O2/c1-12(25)24(9-4-8-23(2)3)10-7-16(26)22-15-11-13(17(19,20)21)5-6-14(15)18/h5-6,11H,4,7-10H2,1-3H3,(H,22,26). The van der Waals surface area contributed by atoms with E-state index < -0.39 is 17.6 Å². The van der Waals surface area contributed by atoms with Crippen molar-refractivity contribution in [2.75, 3.05) is 39.0 Å². The predicted octanol–water partition coefficient (Wildman–Crippen LogP) is 3.49. The molecule has 1 aromatic carbocycles. The average Bonchev–Trinajstić information content (AvgIpc) is 2.51. The van der Waals surface area contributed by atoms with Crippen LogP contribution in [0.15, 0.2) is 18.2 Å². The molecular weight excluding hydrogens is 371 g/mol. The molecule has 0 aromatic heterocycles. The summed E-state index contributed by atoms with van der Waals surface area (Å²) in [5.74, 6) is -0.668. The van der Waals surface area contributed by atoms with Crippen LogP contribution in [0.4, 0.5) is 18.9 Å². The number of alkyl halides is 3. The highest BCUT2D eigenvalue weighted by Crippen LogP contribution is 2.33. The Morgan fingerprint density at radius 3 is 2.35 bits per heavy atom. The minimum atomic E-state index is -4.53. The normalized spacial score (nSPS) is 11.5. The first-order valence-corrected chi connectivity index (χ1v) is 8.45. The van der Waals surface area contributed by atoms with Gasteiger partial charge in [-0.3, -0.25) is 9.59 Å². The van der Waals surface area contributed by atoms with Crippen molar-refractivity contribution in [1.29, 1.82) is 0 Å². The van der Waals surface area contributed by atoms with Crippen LogP contribution >= 0.6 is 11.6 Å². The van der Waals surface area contributed by atoms with Crippen LogP contribution in [-0.2, 0) is 15.8 Å². The van der Waals surface area contributed by atoms with Crippen molar-refractivity contribution >= 4 is 29.1 Å². The number of halogens is 4. The fraction of sp³-hybridized carbons (Fsp3) is 0.529. The molecule has 0 aliphatic carbocycles. The highest BCUT2D eigenvalue weighted by Gasteiger charge is 2.31. The molecule has 0 radical (unpaired) electrons. The van der Waals surface area contributed by atoms with E-state index in [0.29, 0.717) is 6.54 Å². The number of rotatable bonds is 8. The molecule has 1 N–H and O–H groups in total. The van der Waals surface area contributed by atoms with Crippen LogP contribution in [0.2, 0.25) is 5.02 Å². The highest BCUT2D eigenvalue weighted by molar-refractivity contribution is 6.33. The monoisotopic (exact) mass is 393 g/mol. The molecule has 0 aliphatic heterocycles. The Labute approximate surface area is 156 Å². The third kappa shape index (κ3) is 7.61. The van der Waals surface area contributed by atoms with Gasteiger partial charge < -0.3 is 15.1 Å². The van der Waals surface area contributed by atoms with E-state index in [1.54, 1.807) is 0 Å². The van der Waals surface area contributed by atoms with Crippen LogP contribution < -0.4 is 5.32 Å². The van der Waals surface area contributed by atoms with Gasteiger partial charge in [-0.2, -0.15) is 13.2 Å². The van der Waals surface area contributed by atoms with Crippen molar-refractivity contribution in [1.82, 2.24) is 9.80 Å². The van der Waals surface area contributed by atoms with Gasteiger partial charge in [-0.05, 0) is 45.3 Å². The predicted molar refractivity (Wildman–Crippen MR) is 95.1 cm³/mol. The summed E-state index contributed by atoms with van der Waals surface area (Å²) < 4.78 is 38.3. The van der Waals surface area contributed by atoms with Gasteiger partial charge in [-0.1, -0.05) is 11.6 Å². The molecule has 146 valence electrons. The number of carbonyl (C=O) groups excluding carboxylic acids is 2. The Morgan fingerprint density at radius 2 is 1.81 bits per heavy atom. The molecule has 0 spiro atoms. The lowest BCUT2D eigenvalue weighted by Crippen LogP contribution is -2.34. The second-order valence-corrected chi connectivity index (χ2v) is 6.56. The summed E-state index contributed by atoms with van der Waals surface area (Å²) in [4.78, 5) is 27.2. The van der Waals surface area contributed by atoms with Gasteiger partial charge in [0, 0.05) is 26.4 Å². The van der Waals surface area contributed by atoms with E-state index in [0.717, 1.165) is 31.2 Å². The lowest BCUT2D eigenvalue weighted by molar-refractivity contribution is -0.137. The smallest absolute Gasteiger partial charge is 0.342 e. The largest absolute Gasteiger partial charge is 0.416 e. The van der Waals surface area contributed by atoms with Gasteiger partial charge in [-0.25, -0.2) is 0 Å². The van der Waals surface area contributed by atoms with E-state index in [1.807, 2.05) is 19.0 Å². The molecule has 0 fully saturated rings. The summed E-state index contributed by atoms with van der Waals surface area (Å²) in [6.07, 6.45) is -3.80. The SMILES string of the molecule is CC(=O)N(CCCN(C)C)CCC(=O)Nc1cc(C(F)(F)F)ccc1Cl. The number of hydrogen-bond acceptors (Lipinski definition) is 3. The molecule has 0 saturated heterocycles. The molecule has 26 heavy (non-hydrogen) atoms. The molecular formula is C17H23ClF3N3O2. The zero-order chi connectivity index (χ0) is 19.9. The number of nitrogens with one attached hydrogen (secondary N) is 1. The third-order valence-electron chi connectivity index (χ3n) is 3.66. The average molecular weight is 394 g/mol. The summed E-state index contributed by atoms with van der Waals surface area (Å²) in [6, 6.07) is 2.73. The molecule has 0 aliphatic rings. The number of amides is 2. The number of hydrogen-bond donors (Lipinski definition) is 1. The van der Waals surface area contributed by atoms with Crippen molar-refractivity contribution in [3.05, 3.63) is 28.8 Å². The van der Waals surface area contributed by atoms with Crippen molar-refractivity contribution in [2.24, 2.45) is 0 Å². The van der Waals surface area contributed by atoms with Gasteiger partial charge in [0.05, 0.1) is 16.3 Å².